The van der Waals surface area contributed by atoms with Crippen LogP contribution in [0.25, 0.3) is 0 Å². The molecule has 1 aromatic rings. The van der Waals surface area contributed by atoms with Crippen LogP contribution in [0.15, 0.2) is 29.3 Å². The van der Waals surface area contributed by atoms with Crippen LogP contribution in [0.4, 0.5) is 0 Å². The summed E-state index contributed by atoms with van der Waals surface area (Å²) in [6, 6.07) is 5.08. The fourth-order valence-electron chi connectivity index (χ4n) is 5.11. The number of ether oxygens (including phenoxy) is 1. The average Bonchev–Trinajstić information content (AvgIpc) is 3.28. The smallest absolute Gasteiger partial charge is 0.276 e. The van der Waals surface area contributed by atoms with Gasteiger partial charge in [0.05, 0.1) is 11.8 Å². The van der Waals surface area contributed by atoms with Crippen molar-refractivity contribution in [1.82, 2.24) is 10.4 Å². The van der Waals surface area contributed by atoms with E-state index >= 15 is 0 Å². The van der Waals surface area contributed by atoms with Gasteiger partial charge in [0.15, 0.2) is 6.61 Å². The maximum Gasteiger partial charge on any atom is 0.276 e. The molecule has 4 atom stereocenters. The van der Waals surface area contributed by atoms with E-state index in [9.17, 15) is 14.4 Å². The van der Waals surface area contributed by atoms with Crippen LogP contribution in [0, 0.1) is 30.6 Å². The third-order valence-electron chi connectivity index (χ3n) is 6.17. The number of benzene rings is 1. The molecule has 7 heteroatoms. The van der Waals surface area contributed by atoms with E-state index in [0.29, 0.717) is 10.8 Å². The third kappa shape index (κ3) is 2.91. The molecule has 3 amide bonds. The van der Waals surface area contributed by atoms with Gasteiger partial charge in [-0.05, 0) is 69.2 Å². The van der Waals surface area contributed by atoms with Crippen LogP contribution in [-0.2, 0) is 14.4 Å². The molecule has 0 spiro atoms. The Morgan fingerprint density at radius 1 is 1.18 bits per heavy atom. The van der Waals surface area contributed by atoms with Crippen molar-refractivity contribution < 1.29 is 19.1 Å². The number of carbonyl (C=O) groups is 3. The van der Waals surface area contributed by atoms with Crippen molar-refractivity contribution in [2.75, 3.05) is 6.61 Å². The van der Waals surface area contributed by atoms with E-state index in [1.165, 1.54) is 11.1 Å². The topological polar surface area (TPSA) is 75.7 Å². The Kier molecular flexibility index (Phi) is 4.70. The Hall–Kier alpha value is -2.34. The summed E-state index contributed by atoms with van der Waals surface area (Å²) in [6.07, 6.45) is 1.87. The quantitative estimate of drug-likeness (QED) is 0.620. The molecule has 2 bridgehead atoms. The van der Waals surface area contributed by atoms with Gasteiger partial charge < -0.3 is 4.74 Å². The van der Waals surface area contributed by atoms with Crippen LogP contribution in [0.1, 0.15) is 32.3 Å². The lowest BCUT2D eigenvalue weighted by Crippen LogP contribution is -2.49. The first kappa shape index (κ1) is 19.0. The van der Waals surface area contributed by atoms with Crippen LogP contribution in [0.5, 0.6) is 5.75 Å². The van der Waals surface area contributed by atoms with Gasteiger partial charge in [-0.25, -0.2) is 0 Å². The van der Waals surface area contributed by atoms with Crippen molar-refractivity contribution in [2.45, 2.75) is 33.6 Å². The summed E-state index contributed by atoms with van der Waals surface area (Å²) < 4.78 is 5.45. The second kappa shape index (κ2) is 6.92. The standard InChI is InChI=1S/C21H23ClN2O4/c1-10(2)17-13-5-6-14(17)19-18(13)20(26)24(21(19)27)23-16(25)9-28-12-4-7-15(22)11(3)8-12/h4,7-8,13-14,18-19H,5-6,9H2,1-3H3,(H,23,25)/t13-,14-,18-,19+/m1/s1. The van der Waals surface area contributed by atoms with E-state index in [0.717, 1.165) is 23.4 Å². The molecule has 0 unspecified atom stereocenters. The summed E-state index contributed by atoms with van der Waals surface area (Å²) in [4.78, 5) is 38.0. The Balaban J connectivity index is 1.42. The second-order valence-electron chi connectivity index (χ2n) is 8.04. The van der Waals surface area contributed by atoms with Gasteiger partial charge in [-0.2, -0.15) is 5.01 Å². The van der Waals surface area contributed by atoms with E-state index in [2.05, 4.69) is 5.43 Å². The van der Waals surface area contributed by atoms with E-state index in [-0.39, 0.29) is 42.1 Å². The molecular weight excluding hydrogens is 380 g/mol. The highest BCUT2D eigenvalue weighted by Crippen LogP contribution is 2.59. The van der Waals surface area contributed by atoms with E-state index in [1.54, 1.807) is 18.2 Å². The maximum atomic E-state index is 12.9. The zero-order valence-electron chi connectivity index (χ0n) is 16.1. The highest BCUT2D eigenvalue weighted by Gasteiger charge is 2.63. The van der Waals surface area contributed by atoms with Crippen molar-refractivity contribution in [1.29, 1.82) is 0 Å². The van der Waals surface area contributed by atoms with Crippen molar-refractivity contribution in [2.24, 2.45) is 23.7 Å². The SMILES string of the molecule is CC(C)=C1[C@H]2CC[C@H]1[C@H]1C(=O)N(NC(=O)COc3ccc(Cl)c(C)c3)C(=O)[C@H]12. The minimum absolute atomic E-state index is 0.131. The average molecular weight is 403 g/mol. The summed E-state index contributed by atoms with van der Waals surface area (Å²) in [5, 5.41) is 1.53. The number of aryl methyl sites for hydroxylation is 1. The number of imide groups is 1. The van der Waals surface area contributed by atoms with Crippen LogP contribution >= 0.6 is 11.6 Å². The molecule has 3 aliphatic rings. The van der Waals surface area contributed by atoms with Crippen molar-refractivity contribution >= 4 is 29.3 Å². The molecule has 2 aliphatic carbocycles. The summed E-state index contributed by atoms with van der Waals surface area (Å²) in [7, 11) is 0. The number of fused-ring (bicyclic) bond motifs is 5. The minimum atomic E-state index is -0.538. The van der Waals surface area contributed by atoms with Crippen LogP contribution < -0.4 is 10.2 Å². The summed E-state index contributed by atoms with van der Waals surface area (Å²) >= 11 is 5.97. The first-order valence-electron chi connectivity index (χ1n) is 9.53. The molecule has 0 radical (unpaired) electrons. The zero-order valence-corrected chi connectivity index (χ0v) is 16.9. The van der Waals surface area contributed by atoms with Crippen LogP contribution in [-0.4, -0.2) is 29.3 Å². The largest absolute Gasteiger partial charge is 0.484 e. The molecule has 28 heavy (non-hydrogen) atoms. The first-order valence-corrected chi connectivity index (χ1v) is 9.91. The molecule has 1 aromatic carbocycles. The van der Waals surface area contributed by atoms with Gasteiger partial charge in [-0.15, -0.1) is 0 Å². The summed E-state index contributed by atoms with van der Waals surface area (Å²) in [5.41, 5.74) is 5.77. The normalized spacial score (nSPS) is 28.0. The monoisotopic (exact) mass is 402 g/mol. The van der Waals surface area contributed by atoms with Gasteiger partial charge in [-0.1, -0.05) is 22.7 Å². The lowest BCUT2D eigenvalue weighted by atomic mass is 9.81. The number of rotatable bonds is 4. The molecule has 1 heterocycles. The molecular formula is C21H23ClN2O4. The summed E-state index contributed by atoms with van der Waals surface area (Å²) in [6.45, 7) is 5.64. The van der Waals surface area contributed by atoms with Gasteiger partial charge in [0.25, 0.3) is 17.7 Å². The van der Waals surface area contributed by atoms with Crippen LogP contribution in [0.3, 0.4) is 0 Å². The lowest BCUT2D eigenvalue weighted by molar-refractivity contribution is -0.150. The molecule has 2 saturated carbocycles. The fraction of sp³-hybridized carbons (Fsp3) is 0.476. The van der Waals surface area contributed by atoms with E-state index in [4.69, 9.17) is 16.3 Å². The van der Waals surface area contributed by atoms with E-state index < -0.39 is 5.91 Å². The maximum absolute atomic E-state index is 12.9. The number of amides is 3. The van der Waals surface area contributed by atoms with Gasteiger partial charge in [0, 0.05) is 5.02 Å². The first-order chi connectivity index (χ1) is 13.3. The lowest BCUT2D eigenvalue weighted by Gasteiger charge is -2.19. The summed E-state index contributed by atoms with van der Waals surface area (Å²) in [5.74, 6) is -1.04. The fourth-order valence-corrected chi connectivity index (χ4v) is 5.23. The molecule has 4 rings (SSSR count). The Labute approximate surface area is 168 Å². The Morgan fingerprint density at radius 3 is 2.32 bits per heavy atom. The van der Waals surface area contributed by atoms with Crippen molar-refractivity contribution in [3.8, 4) is 5.75 Å². The molecule has 1 aliphatic heterocycles. The molecule has 1 N–H and O–H groups in total. The highest BCUT2D eigenvalue weighted by atomic mass is 35.5. The van der Waals surface area contributed by atoms with Gasteiger partial charge in [0.2, 0.25) is 0 Å². The predicted octanol–water partition coefficient (Wildman–Crippen LogP) is 3.04. The second-order valence-corrected chi connectivity index (χ2v) is 8.45. The van der Waals surface area contributed by atoms with E-state index in [1.807, 2.05) is 20.8 Å². The van der Waals surface area contributed by atoms with Crippen molar-refractivity contribution in [3.05, 3.63) is 39.9 Å². The molecule has 1 saturated heterocycles. The number of allylic oxidation sites excluding steroid dienone is 2. The van der Waals surface area contributed by atoms with Crippen LogP contribution in [0.2, 0.25) is 5.02 Å². The Bertz CT molecular complexity index is 874. The number of hydrazine groups is 1. The number of nitrogens with zero attached hydrogens (tertiary/aromatic N) is 1. The molecule has 0 aromatic heterocycles. The molecule has 3 fully saturated rings. The van der Waals surface area contributed by atoms with Crippen molar-refractivity contribution in [3.63, 3.8) is 0 Å². The van der Waals surface area contributed by atoms with Gasteiger partial charge >= 0.3 is 0 Å². The molecule has 148 valence electrons. The zero-order chi connectivity index (χ0) is 20.2. The third-order valence-corrected chi connectivity index (χ3v) is 6.59. The van der Waals surface area contributed by atoms with Gasteiger partial charge in [0.1, 0.15) is 5.75 Å². The van der Waals surface area contributed by atoms with Gasteiger partial charge in [-0.3, -0.25) is 19.8 Å². The highest BCUT2D eigenvalue weighted by molar-refractivity contribution is 6.31. The number of carbonyl (C=O) groups excluding carboxylic acids is 3. The number of hydrogen-bond acceptors (Lipinski definition) is 4. The predicted molar refractivity (Wildman–Crippen MR) is 103 cm³/mol. The number of nitrogens with one attached hydrogen (secondary N) is 1. The Morgan fingerprint density at radius 2 is 1.79 bits per heavy atom. The number of halogens is 1. The number of hydrogen-bond donors (Lipinski definition) is 1. The minimum Gasteiger partial charge on any atom is -0.484 e. The molecule has 6 nitrogen and oxygen atoms in total.